The molecule has 2 nitrogen and oxygen atoms in total. The van der Waals surface area contributed by atoms with Gasteiger partial charge in [-0.25, -0.2) is 0 Å². The molecule has 3 heteroatoms. The van der Waals surface area contributed by atoms with Crippen LogP contribution in [0.1, 0.15) is 37.3 Å². The maximum Gasteiger partial charge on any atom is 0.122 e. The Bertz CT molecular complexity index is 447. The number of hydrogen-bond acceptors (Lipinski definition) is 2. The van der Waals surface area contributed by atoms with Gasteiger partial charge in [-0.05, 0) is 68.8 Å². The molecule has 1 atom stereocenters. The molecule has 1 saturated heterocycles. The monoisotopic (exact) mass is 295 g/mol. The first-order valence-electron chi connectivity index (χ1n) is 7.68. The molecule has 0 aliphatic carbocycles. The Morgan fingerprint density at radius 1 is 1.30 bits per heavy atom. The van der Waals surface area contributed by atoms with Crippen molar-refractivity contribution in [2.75, 3.05) is 26.2 Å². The highest BCUT2D eigenvalue weighted by molar-refractivity contribution is 6.31. The molecule has 1 heterocycles. The molecular formula is C17H26ClNO. The minimum Gasteiger partial charge on any atom is -0.493 e. The smallest absolute Gasteiger partial charge is 0.122 e. The van der Waals surface area contributed by atoms with Crippen LogP contribution in [0.4, 0.5) is 0 Å². The maximum atomic E-state index is 6.10. The van der Waals surface area contributed by atoms with Crippen LogP contribution in [0.5, 0.6) is 5.75 Å². The van der Waals surface area contributed by atoms with E-state index in [1.165, 1.54) is 25.9 Å². The third kappa shape index (κ3) is 4.13. The maximum absolute atomic E-state index is 6.10. The Balaban J connectivity index is 1.75. The molecule has 0 N–H and O–H groups in total. The fourth-order valence-electron chi connectivity index (χ4n) is 2.88. The lowest BCUT2D eigenvalue weighted by atomic mass is 10.0. The van der Waals surface area contributed by atoms with E-state index in [9.17, 15) is 0 Å². The standard InChI is InChI=1S/C17H26ClNO/c1-13-6-4-9-19(12-13)10-5-11-20-17-8-7-16(18)14(2)15(17)3/h7-8,13H,4-6,9-12H2,1-3H3. The van der Waals surface area contributed by atoms with Crippen LogP contribution >= 0.6 is 11.6 Å². The molecule has 0 bridgehead atoms. The van der Waals surface area contributed by atoms with Crippen molar-refractivity contribution in [1.82, 2.24) is 4.90 Å². The Kier molecular flexibility index (Phi) is 5.74. The van der Waals surface area contributed by atoms with E-state index in [4.69, 9.17) is 16.3 Å². The number of hydrogen-bond donors (Lipinski definition) is 0. The molecule has 2 rings (SSSR count). The first kappa shape index (κ1) is 15.7. The fourth-order valence-corrected chi connectivity index (χ4v) is 3.08. The molecule has 1 aromatic rings. The Morgan fingerprint density at radius 3 is 2.85 bits per heavy atom. The second-order valence-corrected chi connectivity index (χ2v) is 6.45. The van der Waals surface area contributed by atoms with Gasteiger partial charge in [0.05, 0.1) is 6.61 Å². The summed E-state index contributed by atoms with van der Waals surface area (Å²) in [6.45, 7) is 10.9. The summed E-state index contributed by atoms with van der Waals surface area (Å²) in [5, 5.41) is 0.817. The largest absolute Gasteiger partial charge is 0.493 e. The van der Waals surface area contributed by atoms with Crippen LogP contribution in [0.3, 0.4) is 0 Å². The summed E-state index contributed by atoms with van der Waals surface area (Å²) in [5.74, 6) is 1.82. The van der Waals surface area contributed by atoms with Gasteiger partial charge in [-0.3, -0.25) is 0 Å². The predicted octanol–water partition coefficient (Wildman–Crippen LogP) is 4.46. The summed E-state index contributed by atoms with van der Waals surface area (Å²) in [7, 11) is 0. The zero-order valence-electron chi connectivity index (χ0n) is 12.9. The first-order chi connectivity index (χ1) is 9.58. The van der Waals surface area contributed by atoms with Crippen LogP contribution in [0.2, 0.25) is 5.02 Å². The molecule has 0 spiro atoms. The number of ether oxygens (including phenoxy) is 1. The van der Waals surface area contributed by atoms with Gasteiger partial charge >= 0.3 is 0 Å². The molecule has 20 heavy (non-hydrogen) atoms. The van der Waals surface area contributed by atoms with E-state index in [0.717, 1.165) is 47.4 Å². The number of rotatable bonds is 5. The number of halogens is 1. The van der Waals surface area contributed by atoms with Gasteiger partial charge in [-0.1, -0.05) is 18.5 Å². The Hall–Kier alpha value is -0.730. The summed E-state index contributed by atoms with van der Waals surface area (Å²) in [4.78, 5) is 2.57. The molecular weight excluding hydrogens is 270 g/mol. The van der Waals surface area contributed by atoms with Gasteiger partial charge in [0, 0.05) is 18.1 Å². The predicted molar refractivity (Wildman–Crippen MR) is 85.9 cm³/mol. The van der Waals surface area contributed by atoms with Crippen molar-refractivity contribution in [2.24, 2.45) is 5.92 Å². The number of piperidine rings is 1. The lowest BCUT2D eigenvalue weighted by Gasteiger charge is -2.30. The van der Waals surface area contributed by atoms with Crippen LogP contribution in [-0.4, -0.2) is 31.1 Å². The SMILES string of the molecule is Cc1c(Cl)ccc(OCCCN2CCCC(C)C2)c1C. The number of nitrogens with zero attached hydrogens (tertiary/aromatic N) is 1. The summed E-state index contributed by atoms with van der Waals surface area (Å²) in [5.41, 5.74) is 2.28. The number of likely N-dealkylation sites (tertiary alicyclic amines) is 1. The van der Waals surface area contributed by atoms with Crippen LogP contribution in [0, 0.1) is 19.8 Å². The van der Waals surface area contributed by atoms with E-state index in [1.807, 2.05) is 19.1 Å². The lowest BCUT2D eigenvalue weighted by Crippen LogP contribution is -2.35. The van der Waals surface area contributed by atoms with E-state index < -0.39 is 0 Å². The molecule has 0 saturated carbocycles. The highest BCUT2D eigenvalue weighted by Gasteiger charge is 2.15. The van der Waals surface area contributed by atoms with Gasteiger partial charge in [0.1, 0.15) is 5.75 Å². The van der Waals surface area contributed by atoms with Crippen molar-refractivity contribution in [3.8, 4) is 5.75 Å². The molecule has 1 unspecified atom stereocenters. The fraction of sp³-hybridized carbons (Fsp3) is 0.647. The van der Waals surface area contributed by atoms with Crippen LogP contribution in [0.15, 0.2) is 12.1 Å². The van der Waals surface area contributed by atoms with Crippen molar-refractivity contribution in [1.29, 1.82) is 0 Å². The van der Waals surface area contributed by atoms with Gasteiger partial charge in [0.25, 0.3) is 0 Å². The minimum atomic E-state index is 0.785. The van der Waals surface area contributed by atoms with Crippen LogP contribution < -0.4 is 4.74 Å². The molecule has 0 radical (unpaired) electrons. The van der Waals surface area contributed by atoms with Crippen molar-refractivity contribution in [3.63, 3.8) is 0 Å². The molecule has 1 aliphatic rings. The van der Waals surface area contributed by atoms with Gasteiger partial charge in [0.15, 0.2) is 0 Å². The van der Waals surface area contributed by atoms with E-state index >= 15 is 0 Å². The molecule has 0 amide bonds. The number of benzene rings is 1. The van der Waals surface area contributed by atoms with Gasteiger partial charge in [-0.15, -0.1) is 0 Å². The third-order valence-corrected chi connectivity index (χ3v) is 4.70. The molecule has 1 aromatic carbocycles. The highest BCUT2D eigenvalue weighted by atomic mass is 35.5. The molecule has 1 aliphatic heterocycles. The van der Waals surface area contributed by atoms with Crippen LogP contribution in [-0.2, 0) is 0 Å². The summed E-state index contributed by atoms with van der Waals surface area (Å²) in [6, 6.07) is 3.90. The molecule has 112 valence electrons. The summed E-state index contributed by atoms with van der Waals surface area (Å²) in [6.07, 6.45) is 3.82. The highest BCUT2D eigenvalue weighted by Crippen LogP contribution is 2.27. The van der Waals surface area contributed by atoms with Crippen LogP contribution in [0.25, 0.3) is 0 Å². The van der Waals surface area contributed by atoms with E-state index in [2.05, 4.69) is 18.7 Å². The molecule has 1 fully saturated rings. The topological polar surface area (TPSA) is 12.5 Å². The zero-order valence-corrected chi connectivity index (χ0v) is 13.7. The Labute approximate surface area is 128 Å². The van der Waals surface area contributed by atoms with Crippen molar-refractivity contribution in [2.45, 2.75) is 40.0 Å². The lowest BCUT2D eigenvalue weighted by molar-refractivity contribution is 0.170. The minimum absolute atomic E-state index is 0.785. The normalized spacial score (nSPS) is 20.1. The van der Waals surface area contributed by atoms with Gasteiger partial charge in [0.2, 0.25) is 0 Å². The van der Waals surface area contributed by atoms with Crippen molar-refractivity contribution < 1.29 is 4.74 Å². The van der Waals surface area contributed by atoms with E-state index in [-0.39, 0.29) is 0 Å². The average molecular weight is 296 g/mol. The second-order valence-electron chi connectivity index (χ2n) is 6.05. The van der Waals surface area contributed by atoms with Crippen molar-refractivity contribution >= 4 is 11.6 Å². The second kappa shape index (κ2) is 7.33. The van der Waals surface area contributed by atoms with Gasteiger partial charge < -0.3 is 9.64 Å². The zero-order chi connectivity index (χ0) is 14.5. The molecule has 0 aromatic heterocycles. The van der Waals surface area contributed by atoms with E-state index in [0.29, 0.717) is 0 Å². The quantitative estimate of drug-likeness (QED) is 0.744. The van der Waals surface area contributed by atoms with Crippen molar-refractivity contribution in [3.05, 3.63) is 28.3 Å². The van der Waals surface area contributed by atoms with Gasteiger partial charge in [-0.2, -0.15) is 0 Å². The summed E-state index contributed by atoms with van der Waals surface area (Å²) >= 11 is 6.10. The van der Waals surface area contributed by atoms with E-state index in [1.54, 1.807) is 0 Å². The summed E-state index contributed by atoms with van der Waals surface area (Å²) < 4.78 is 5.91. The Morgan fingerprint density at radius 2 is 2.10 bits per heavy atom. The third-order valence-electron chi connectivity index (χ3n) is 4.29. The average Bonchev–Trinajstić information content (AvgIpc) is 2.43. The first-order valence-corrected chi connectivity index (χ1v) is 8.06.